The lowest BCUT2D eigenvalue weighted by molar-refractivity contribution is -0.118. The van der Waals surface area contributed by atoms with Crippen molar-refractivity contribution in [1.29, 1.82) is 0 Å². The smallest absolute Gasteiger partial charge is 0.284 e. The molecule has 4 nitrogen and oxygen atoms in total. The van der Waals surface area contributed by atoms with Gasteiger partial charge in [0.15, 0.2) is 0 Å². The summed E-state index contributed by atoms with van der Waals surface area (Å²) < 4.78 is 0. The molecule has 2 amide bonds. The van der Waals surface area contributed by atoms with Crippen LogP contribution in [0.4, 0.5) is 0 Å². The second kappa shape index (κ2) is 8.52. The maximum absolute atomic E-state index is 12.7. The molecule has 26 heavy (non-hydrogen) atoms. The van der Waals surface area contributed by atoms with Crippen LogP contribution in [-0.4, -0.2) is 29.8 Å². The third-order valence-corrected chi connectivity index (χ3v) is 5.38. The Labute approximate surface area is 162 Å². The van der Waals surface area contributed by atoms with Crippen LogP contribution in [0.1, 0.15) is 18.9 Å². The van der Waals surface area contributed by atoms with Gasteiger partial charge in [0.1, 0.15) is 0 Å². The Kier molecular flexibility index (Phi) is 6.12. The maximum Gasteiger partial charge on any atom is 0.284 e. The lowest BCUT2D eigenvalue weighted by Gasteiger charge is -2.26. The van der Waals surface area contributed by atoms with Gasteiger partial charge in [0.05, 0.1) is 16.4 Å². The maximum atomic E-state index is 12.7. The number of thioether (sulfide) groups is 1. The first-order valence-electron chi connectivity index (χ1n) is 8.47. The topological polar surface area (TPSA) is 58.5 Å². The summed E-state index contributed by atoms with van der Waals surface area (Å²) in [4.78, 5) is 29.4. The molecule has 1 atom stereocenters. The Morgan fingerprint density at radius 1 is 1.27 bits per heavy atom. The summed E-state index contributed by atoms with van der Waals surface area (Å²) in [6.45, 7) is 2.63. The number of carbonyl (C=O) groups excluding carboxylic acids is 2. The molecule has 0 spiro atoms. The minimum atomic E-state index is -0.306. The van der Waals surface area contributed by atoms with Crippen molar-refractivity contribution in [3.8, 4) is 0 Å². The van der Waals surface area contributed by atoms with Gasteiger partial charge in [-0.1, -0.05) is 54.9 Å². The summed E-state index contributed by atoms with van der Waals surface area (Å²) in [5.74, 6) is -0.396. The number of allylic oxidation sites excluding steroid dienone is 5. The van der Waals surface area contributed by atoms with E-state index in [1.54, 1.807) is 12.2 Å². The monoisotopic (exact) mass is 386 g/mol. The van der Waals surface area contributed by atoms with Gasteiger partial charge in [-0.15, -0.1) is 11.8 Å². The van der Waals surface area contributed by atoms with Crippen LogP contribution in [-0.2, 0) is 9.59 Å². The SMILES string of the molecule is CCCNC(=O)CSC1=C(c2ccccc2)C2C=C(Cl)C=CC2=NC1=O. The number of hydrogen-bond acceptors (Lipinski definition) is 3. The van der Waals surface area contributed by atoms with Crippen LogP contribution >= 0.6 is 23.4 Å². The minimum Gasteiger partial charge on any atom is -0.355 e. The molecule has 1 aromatic carbocycles. The molecule has 0 fully saturated rings. The number of rotatable bonds is 6. The molecule has 1 aliphatic heterocycles. The highest BCUT2D eigenvalue weighted by Gasteiger charge is 2.32. The first-order valence-corrected chi connectivity index (χ1v) is 9.84. The zero-order chi connectivity index (χ0) is 18.5. The summed E-state index contributed by atoms with van der Waals surface area (Å²) >= 11 is 7.44. The molecule has 1 unspecified atom stereocenters. The van der Waals surface area contributed by atoms with Crippen molar-refractivity contribution >= 4 is 46.5 Å². The highest BCUT2D eigenvalue weighted by Crippen LogP contribution is 2.40. The second-order valence-corrected chi connectivity index (χ2v) is 7.37. The van der Waals surface area contributed by atoms with Gasteiger partial charge >= 0.3 is 0 Å². The van der Waals surface area contributed by atoms with E-state index < -0.39 is 0 Å². The van der Waals surface area contributed by atoms with Gasteiger partial charge in [-0.05, 0) is 29.7 Å². The van der Waals surface area contributed by atoms with E-state index in [-0.39, 0.29) is 23.5 Å². The van der Waals surface area contributed by atoms with Crippen LogP contribution < -0.4 is 5.32 Å². The number of nitrogens with zero attached hydrogens (tertiary/aromatic N) is 1. The molecular weight excluding hydrogens is 368 g/mol. The normalized spacial score (nSPS) is 19.0. The zero-order valence-corrected chi connectivity index (χ0v) is 15.9. The number of benzene rings is 1. The first kappa shape index (κ1) is 18.7. The molecule has 1 aliphatic carbocycles. The number of dihydropyridines is 1. The van der Waals surface area contributed by atoms with Crippen molar-refractivity contribution < 1.29 is 9.59 Å². The number of amides is 2. The van der Waals surface area contributed by atoms with Crippen LogP contribution in [0.3, 0.4) is 0 Å². The highest BCUT2D eigenvalue weighted by molar-refractivity contribution is 8.04. The minimum absolute atomic E-state index is 0.0866. The van der Waals surface area contributed by atoms with Crippen LogP contribution in [0.25, 0.3) is 5.57 Å². The van der Waals surface area contributed by atoms with Crippen molar-refractivity contribution in [2.75, 3.05) is 12.3 Å². The van der Waals surface area contributed by atoms with Gasteiger partial charge in [-0.3, -0.25) is 9.59 Å². The van der Waals surface area contributed by atoms with Gasteiger partial charge in [0.25, 0.3) is 5.91 Å². The lowest BCUT2D eigenvalue weighted by Crippen LogP contribution is -2.27. The van der Waals surface area contributed by atoms with Crippen molar-refractivity contribution in [2.45, 2.75) is 13.3 Å². The van der Waals surface area contributed by atoms with Crippen LogP contribution in [0.5, 0.6) is 0 Å². The summed E-state index contributed by atoms with van der Waals surface area (Å²) in [5, 5.41) is 3.44. The van der Waals surface area contributed by atoms with E-state index in [1.165, 1.54) is 11.8 Å². The average molecular weight is 387 g/mol. The molecule has 2 aliphatic rings. The van der Waals surface area contributed by atoms with Crippen LogP contribution in [0.2, 0.25) is 0 Å². The van der Waals surface area contributed by atoms with Gasteiger partial charge < -0.3 is 5.32 Å². The molecule has 6 heteroatoms. The van der Waals surface area contributed by atoms with Gasteiger partial charge in [-0.25, -0.2) is 4.99 Å². The van der Waals surface area contributed by atoms with Gasteiger partial charge in [0.2, 0.25) is 5.91 Å². The molecule has 1 N–H and O–H groups in total. The van der Waals surface area contributed by atoms with E-state index in [2.05, 4.69) is 10.3 Å². The summed E-state index contributed by atoms with van der Waals surface area (Å²) in [6.07, 6.45) is 6.29. The van der Waals surface area contributed by atoms with Crippen molar-refractivity contribution in [1.82, 2.24) is 5.32 Å². The fraction of sp³-hybridized carbons (Fsp3) is 0.250. The standard InChI is InChI=1S/C20H19ClN2O2S/c1-2-10-22-17(24)12-26-19-18(13-6-4-3-5-7-13)15-11-14(21)8-9-16(15)23-20(19)25/h3-9,11,15H,2,10,12H2,1H3,(H,22,24). The molecule has 0 saturated carbocycles. The summed E-state index contributed by atoms with van der Waals surface area (Å²) in [6, 6.07) is 9.71. The van der Waals surface area contributed by atoms with Gasteiger partial charge in [-0.2, -0.15) is 0 Å². The number of fused-ring (bicyclic) bond motifs is 1. The largest absolute Gasteiger partial charge is 0.355 e. The van der Waals surface area contributed by atoms with E-state index in [9.17, 15) is 9.59 Å². The second-order valence-electron chi connectivity index (χ2n) is 5.95. The summed E-state index contributed by atoms with van der Waals surface area (Å²) in [5.41, 5.74) is 2.47. The average Bonchev–Trinajstić information content (AvgIpc) is 2.65. The first-order chi connectivity index (χ1) is 12.6. The lowest BCUT2D eigenvalue weighted by atomic mass is 9.84. The molecule has 0 saturated heterocycles. The Morgan fingerprint density at radius 2 is 2.04 bits per heavy atom. The third-order valence-electron chi connectivity index (χ3n) is 4.04. The molecular formula is C20H19ClN2O2S. The molecule has 134 valence electrons. The number of halogens is 1. The van der Waals surface area contributed by atoms with E-state index in [0.29, 0.717) is 22.2 Å². The predicted molar refractivity (Wildman–Crippen MR) is 108 cm³/mol. The van der Waals surface area contributed by atoms with Crippen molar-refractivity contribution in [3.63, 3.8) is 0 Å². The number of aliphatic imine (C=N–C) groups is 1. The summed E-state index contributed by atoms with van der Waals surface area (Å²) in [7, 11) is 0. The van der Waals surface area contributed by atoms with Crippen LogP contribution in [0.15, 0.2) is 63.5 Å². The third kappa shape index (κ3) is 4.17. The number of carbonyl (C=O) groups is 2. The Balaban J connectivity index is 1.96. The van der Waals surface area contributed by atoms with E-state index in [0.717, 1.165) is 17.6 Å². The Morgan fingerprint density at radius 3 is 2.77 bits per heavy atom. The highest BCUT2D eigenvalue weighted by atomic mass is 35.5. The molecule has 0 radical (unpaired) electrons. The molecule has 0 bridgehead atoms. The van der Waals surface area contributed by atoms with E-state index in [1.807, 2.05) is 43.3 Å². The molecule has 1 heterocycles. The number of nitrogens with one attached hydrogen (secondary N) is 1. The van der Waals surface area contributed by atoms with Gasteiger partial charge in [0, 0.05) is 17.5 Å². The fourth-order valence-corrected chi connectivity index (χ4v) is 3.99. The molecule has 3 rings (SSSR count). The van der Waals surface area contributed by atoms with E-state index >= 15 is 0 Å². The quantitative estimate of drug-likeness (QED) is 0.805. The molecule has 0 aromatic heterocycles. The number of hydrogen-bond donors (Lipinski definition) is 1. The van der Waals surface area contributed by atoms with E-state index in [4.69, 9.17) is 11.6 Å². The predicted octanol–water partition coefficient (Wildman–Crippen LogP) is 3.95. The Bertz CT molecular complexity index is 841. The zero-order valence-electron chi connectivity index (χ0n) is 14.4. The molecule has 1 aromatic rings. The Hall–Kier alpha value is -2.11. The van der Waals surface area contributed by atoms with Crippen LogP contribution in [0, 0.1) is 5.92 Å². The van der Waals surface area contributed by atoms with Crippen molar-refractivity contribution in [2.24, 2.45) is 10.9 Å². The van der Waals surface area contributed by atoms with Crippen molar-refractivity contribution in [3.05, 3.63) is 64.1 Å². The fourth-order valence-electron chi connectivity index (χ4n) is 2.85.